The molecule has 2 aliphatic rings. The van der Waals surface area contributed by atoms with Crippen LogP contribution in [0.5, 0.6) is 0 Å². The van der Waals surface area contributed by atoms with Crippen molar-refractivity contribution in [2.75, 3.05) is 12.3 Å². The molecule has 4 atom stereocenters. The van der Waals surface area contributed by atoms with Gasteiger partial charge in [0.1, 0.15) is 0 Å². The number of sulfone groups is 1. The normalized spacial score (nSPS) is 45.5. The third kappa shape index (κ3) is 2.21. The molecule has 0 amide bonds. The summed E-state index contributed by atoms with van der Waals surface area (Å²) in [6, 6.07) is 0.205. The Morgan fingerprint density at radius 2 is 1.93 bits per heavy atom. The molecule has 1 saturated heterocycles. The van der Waals surface area contributed by atoms with Gasteiger partial charge in [0.15, 0.2) is 9.84 Å². The summed E-state index contributed by atoms with van der Waals surface area (Å²) in [5, 5.41) is 3.29. The third-order valence-electron chi connectivity index (χ3n) is 3.81. The highest BCUT2D eigenvalue weighted by molar-refractivity contribution is 7.92. The summed E-state index contributed by atoms with van der Waals surface area (Å²) in [5.74, 6) is 1.34. The molecule has 88 valence electrons. The van der Waals surface area contributed by atoms with Gasteiger partial charge in [0.05, 0.1) is 11.0 Å². The van der Waals surface area contributed by atoms with Gasteiger partial charge in [0.2, 0.25) is 0 Å². The smallest absolute Gasteiger partial charge is 0.155 e. The van der Waals surface area contributed by atoms with Gasteiger partial charge >= 0.3 is 0 Å². The number of rotatable bonds is 0. The Hall–Kier alpha value is -0.0900. The first kappa shape index (κ1) is 11.4. The molecule has 2 fully saturated rings. The Morgan fingerprint density at radius 1 is 1.20 bits per heavy atom. The SMILES string of the molecule is CC1CC(C)C2C(C1)NCCCS2(=O)=O. The zero-order valence-corrected chi connectivity index (χ0v) is 10.4. The molecule has 15 heavy (non-hydrogen) atoms. The fourth-order valence-corrected chi connectivity index (χ4v) is 5.68. The maximum absolute atomic E-state index is 12.1. The lowest BCUT2D eigenvalue weighted by Gasteiger charge is -2.38. The summed E-state index contributed by atoms with van der Waals surface area (Å²) in [6.45, 7) is 5.18. The molecule has 0 aromatic heterocycles. The van der Waals surface area contributed by atoms with Gasteiger partial charge in [-0.1, -0.05) is 13.8 Å². The summed E-state index contributed by atoms with van der Waals surface area (Å²) in [5.41, 5.74) is 0. The molecule has 1 heterocycles. The van der Waals surface area contributed by atoms with Crippen molar-refractivity contribution in [3.05, 3.63) is 0 Å². The Bertz CT molecular complexity index is 325. The Balaban J connectivity index is 2.28. The molecule has 1 aliphatic heterocycles. The predicted octanol–water partition coefficient (Wildman–Crippen LogP) is 1.20. The van der Waals surface area contributed by atoms with E-state index in [-0.39, 0.29) is 11.3 Å². The fourth-order valence-electron chi connectivity index (χ4n) is 3.33. The molecule has 4 unspecified atom stereocenters. The van der Waals surface area contributed by atoms with E-state index in [0.717, 1.165) is 25.8 Å². The molecular formula is C11H21NO2S. The van der Waals surface area contributed by atoms with Gasteiger partial charge in [0, 0.05) is 6.04 Å². The van der Waals surface area contributed by atoms with E-state index in [2.05, 4.69) is 19.2 Å². The molecule has 1 saturated carbocycles. The van der Waals surface area contributed by atoms with Crippen molar-refractivity contribution in [3.8, 4) is 0 Å². The van der Waals surface area contributed by atoms with Gasteiger partial charge in [-0.2, -0.15) is 0 Å². The molecule has 4 heteroatoms. The van der Waals surface area contributed by atoms with E-state index in [1.165, 1.54) is 0 Å². The van der Waals surface area contributed by atoms with E-state index < -0.39 is 9.84 Å². The highest BCUT2D eigenvalue weighted by atomic mass is 32.2. The van der Waals surface area contributed by atoms with E-state index in [0.29, 0.717) is 17.6 Å². The molecule has 2 rings (SSSR count). The van der Waals surface area contributed by atoms with Crippen LogP contribution < -0.4 is 5.32 Å². The van der Waals surface area contributed by atoms with Crippen molar-refractivity contribution in [2.45, 2.75) is 44.4 Å². The summed E-state index contributed by atoms with van der Waals surface area (Å²) in [7, 11) is -2.86. The molecule has 0 bridgehead atoms. The first-order valence-corrected chi connectivity index (χ1v) is 7.67. The lowest BCUT2D eigenvalue weighted by Crippen LogP contribution is -2.50. The molecule has 0 aromatic carbocycles. The first-order chi connectivity index (χ1) is 7.00. The Kier molecular flexibility index (Phi) is 3.08. The van der Waals surface area contributed by atoms with Gasteiger partial charge < -0.3 is 5.32 Å². The number of nitrogens with one attached hydrogen (secondary N) is 1. The van der Waals surface area contributed by atoms with E-state index >= 15 is 0 Å². The van der Waals surface area contributed by atoms with Crippen molar-refractivity contribution in [1.29, 1.82) is 0 Å². The van der Waals surface area contributed by atoms with Crippen LogP contribution in [-0.4, -0.2) is 32.0 Å². The number of hydrogen-bond acceptors (Lipinski definition) is 3. The van der Waals surface area contributed by atoms with Gasteiger partial charge in [0.25, 0.3) is 0 Å². The summed E-state index contributed by atoms with van der Waals surface area (Å²) in [6.07, 6.45) is 2.85. The third-order valence-corrected chi connectivity index (χ3v) is 6.29. The molecule has 3 nitrogen and oxygen atoms in total. The first-order valence-electron chi connectivity index (χ1n) is 5.95. The summed E-state index contributed by atoms with van der Waals surface area (Å²) < 4.78 is 24.2. The molecule has 0 aromatic rings. The van der Waals surface area contributed by atoms with E-state index in [9.17, 15) is 8.42 Å². The highest BCUT2D eigenvalue weighted by Gasteiger charge is 2.42. The van der Waals surface area contributed by atoms with Crippen molar-refractivity contribution in [2.24, 2.45) is 11.8 Å². The van der Waals surface area contributed by atoms with Crippen LogP contribution in [0.2, 0.25) is 0 Å². The second-order valence-electron chi connectivity index (χ2n) is 5.30. The lowest BCUT2D eigenvalue weighted by molar-refractivity contribution is 0.246. The van der Waals surface area contributed by atoms with Crippen LogP contribution in [0.15, 0.2) is 0 Å². The van der Waals surface area contributed by atoms with Crippen LogP contribution in [0.25, 0.3) is 0 Å². The second kappa shape index (κ2) is 4.06. The van der Waals surface area contributed by atoms with Gasteiger partial charge in [-0.25, -0.2) is 8.42 Å². The Labute approximate surface area is 92.6 Å². The minimum Gasteiger partial charge on any atom is -0.313 e. The average molecular weight is 231 g/mol. The zero-order chi connectivity index (χ0) is 11.1. The quantitative estimate of drug-likeness (QED) is 0.681. The minimum atomic E-state index is -2.86. The summed E-state index contributed by atoms with van der Waals surface area (Å²) >= 11 is 0. The topological polar surface area (TPSA) is 46.2 Å². The van der Waals surface area contributed by atoms with E-state index in [1.807, 2.05) is 0 Å². The molecule has 0 radical (unpaired) electrons. The van der Waals surface area contributed by atoms with Crippen molar-refractivity contribution in [1.82, 2.24) is 5.32 Å². The van der Waals surface area contributed by atoms with Gasteiger partial charge in [-0.3, -0.25) is 0 Å². The Morgan fingerprint density at radius 3 is 2.67 bits per heavy atom. The molecular weight excluding hydrogens is 210 g/mol. The fraction of sp³-hybridized carbons (Fsp3) is 1.00. The van der Waals surface area contributed by atoms with Gasteiger partial charge in [-0.05, 0) is 37.6 Å². The standard InChI is InChI=1S/C11H21NO2S/c1-8-6-9(2)11-10(7-8)12-4-3-5-15(11,13)14/h8-12H,3-7H2,1-2H3. The van der Waals surface area contributed by atoms with Crippen LogP contribution >= 0.6 is 0 Å². The maximum atomic E-state index is 12.1. The van der Waals surface area contributed by atoms with Crippen LogP contribution in [-0.2, 0) is 9.84 Å². The predicted molar refractivity (Wildman–Crippen MR) is 61.5 cm³/mol. The molecule has 0 spiro atoms. The van der Waals surface area contributed by atoms with E-state index in [4.69, 9.17) is 0 Å². The molecule has 1 aliphatic carbocycles. The van der Waals surface area contributed by atoms with Crippen molar-refractivity contribution < 1.29 is 8.42 Å². The second-order valence-corrected chi connectivity index (χ2v) is 7.58. The van der Waals surface area contributed by atoms with Crippen LogP contribution in [0.3, 0.4) is 0 Å². The van der Waals surface area contributed by atoms with Gasteiger partial charge in [-0.15, -0.1) is 0 Å². The summed E-state index contributed by atoms with van der Waals surface area (Å²) in [4.78, 5) is 0. The van der Waals surface area contributed by atoms with E-state index in [1.54, 1.807) is 0 Å². The maximum Gasteiger partial charge on any atom is 0.155 e. The van der Waals surface area contributed by atoms with Crippen LogP contribution in [0.4, 0.5) is 0 Å². The van der Waals surface area contributed by atoms with Crippen LogP contribution in [0.1, 0.15) is 33.1 Å². The van der Waals surface area contributed by atoms with Crippen molar-refractivity contribution >= 4 is 9.84 Å². The average Bonchev–Trinajstić information content (AvgIpc) is 2.23. The largest absolute Gasteiger partial charge is 0.313 e. The molecule has 1 N–H and O–H groups in total. The monoisotopic (exact) mass is 231 g/mol. The lowest BCUT2D eigenvalue weighted by atomic mass is 9.80. The minimum absolute atomic E-state index is 0.129. The van der Waals surface area contributed by atoms with Crippen LogP contribution in [0, 0.1) is 11.8 Å². The zero-order valence-electron chi connectivity index (χ0n) is 9.57. The number of fused-ring (bicyclic) bond motifs is 1. The van der Waals surface area contributed by atoms with Crippen molar-refractivity contribution in [3.63, 3.8) is 0 Å². The highest BCUT2D eigenvalue weighted by Crippen LogP contribution is 2.34. The number of hydrogen-bond donors (Lipinski definition) is 1.